The standard InChI is InChI=1S/C23H18N4O3/c1-2-11-30-15-10-6-5-9-14(15)16-17-19(12-7-3-4-8-13(12)20(17)28)25-21-18(16)22(29)27-23(24)26-21/h2-10,16H,1,11H2,(H4,24,25,26,27,29). The third-order valence-corrected chi connectivity index (χ3v) is 5.34. The number of ether oxygens (including phenoxy) is 1. The van der Waals surface area contributed by atoms with Gasteiger partial charge in [-0.1, -0.05) is 55.1 Å². The Morgan fingerprint density at radius 1 is 1.10 bits per heavy atom. The molecule has 0 spiro atoms. The molecule has 1 unspecified atom stereocenters. The van der Waals surface area contributed by atoms with Gasteiger partial charge in [-0.3, -0.25) is 14.6 Å². The van der Waals surface area contributed by atoms with E-state index in [0.29, 0.717) is 46.1 Å². The molecule has 1 aliphatic heterocycles. The zero-order valence-corrected chi connectivity index (χ0v) is 15.9. The Bertz CT molecular complexity index is 1310. The van der Waals surface area contributed by atoms with Gasteiger partial charge in [0.15, 0.2) is 5.78 Å². The fourth-order valence-electron chi connectivity index (χ4n) is 4.15. The van der Waals surface area contributed by atoms with E-state index >= 15 is 0 Å². The summed E-state index contributed by atoms with van der Waals surface area (Å²) in [5, 5.41) is 3.18. The first kappa shape index (κ1) is 17.9. The molecular weight excluding hydrogens is 380 g/mol. The van der Waals surface area contributed by atoms with E-state index in [-0.39, 0.29) is 11.7 Å². The number of nitrogens with zero attached hydrogens (tertiary/aromatic N) is 1. The van der Waals surface area contributed by atoms with Crippen LogP contribution in [0.5, 0.6) is 5.75 Å². The van der Waals surface area contributed by atoms with E-state index < -0.39 is 11.5 Å². The van der Waals surface area contributed by atoms with Gasteiger partial charge < -0.3 is 15.8 Å². The predicted molar refractivity (Wildman–Crippen MR) is 115 cm³/mol. The van der Waals surface area contributed by atoms with E-state index in [0.717, 1.165) is 5.56 Å². The molecule has 3 aromatic rings. The number of nitrogens with two attached hydrogens (primary N) is 1. The van der Waals surface area contributed by atoms with Gasteiger partial charge in [0.1, 0.15) is 18.2 Å². The van der Waals surface area contributed by atoms with E-state index in [2.05, 4.69) is 21.9 Å². The summed E-state index contributed by atoms with van der Waals surface area (Å²) >= 11 is 0. The lowest BCUT2D eigenvalue weighted by Crippen LogP contribution is -2.29. The lowest BCUT2D eigenvalue weighted by atomic mass is 9.81. The number of hydrogen-bond acceptors (Lipinski definition) is 6. The van der Waals surface area contributed by atoms with Gasteiger partial charge in [-0.2, -0.15) is 4.98 Å². The maximum atomic E-state index is 13.4. The predicted octanol–water partition coefficient (Wildman–Crippen LogP) is 3.08. The van der Waals surface area contributed by atoms with E-state index in [9.17, 15) is 9.59 Å². The summed E-state index contributed by atoms with van der Waals surface area (Å²) in [6.07, 6.45) is 1.64. The minimum absolute atomic E-state index is 0.00264. The highest BCUT2D eigenvalue weighted by Crippen LogP contribution is 2.49. The Morgan fingerprint density at radius 2 is 1.83 bits per heavy atom. The number of rotatable bonds is 4. The molecule has 0 saturated heterocycles. The quantitative estimate of drug-likeness (QED) is 0.583. The topological polar surface area (TPSA) is 110 Å². The number of para-hydroxylation sites is 1. The van der Waals surface area contributed by atoms with Crippen molar-refractivity contribution in [1.29, 1.82) is 0 Å². The fraction of sp³-hybridized carbons (Fsp3) is 0.0870. The highest BCUT2D eigenvalue weighted by Gasteiger charge is 2.42. The van der Waals surface area contributed by atoms with Crippen LogP contribution in [0.2, 0.25) is 0 Å². The highest BCUT2D eigenvalue weighted by molar-refractivity contribution is 6.23. The summed E-state index contributed by atoms with van der Waals surface area (Å²) in [6, 6.07) is 14.7. The molecule has 0 fully saturated rings. The van der Waals surface area contributed by atoms with Gasteiger partial charge in [0, 0.05) is 22.3 Å². The molecule has 7 heteroatoms. The first-order valence-electron chi connectivity index (χ1n) is 9.47. The highest BCUT2D eigenvalue weighted by atomic mass is 16.5. The third-order valence-electron chi connectivity index (χ3n) is 5.34. The number of carbonyl (C=O) groups is 1. The van der Waals surface area contributed by atoms with Crippen molar-refractivity contribution in [2.45, 2.75) is 5.92 Å². The summed E-state index contributed by atoms with van der Waals surface area (Å²) in [5.74, 6) is 0.125. The molecule has 2 aromatic carbocycles. The van der Waals surface area contributed by atoms with Crippen LogP contribution in [0.25, 0.3) is 5.70 Å². The Hall–Kier alpha value is -4.13. The Morgan fingerprint density at radius 3 is 2.63 bits per heavy atom. The molecular formula is C23H18N4O3. The number of Topliss-reactive ketones (excluding diaryl/α,β-unsaturated/α-hetero) is 1. The summed E-state index contributed by atoms with van der Waals surface area (Å²) in [5.41, 5.74) is 8.93. The van der Waals surface area contributed by atoms with Crippen molar-refractivity contribution >= 4 is 23.2 Å². The smallest absolute Gasteiger partial charge is 0.258 e. The number of nitrogen functional groups attached to an aromatic ring is 1. The van der Waals surface area contributed by atoms with Crippen molar-refractivity contribution in [1.82, 2.24) is 9.97 Å². The van der Waals surface area contributed by atoms with Crippen LogP contribution in [0.1, 0.15) is 33.0 Å². The first-order valence-corrected chi connectivity index (χ1v) is 9.47. The maximum Gasteiger partial charge on any atom is 0.258 e. The molecule has 148 valence electrons. The largest absolute Gasteiger partial charge is 0.489 e. The molecule has 0 bridgehead atoms. The molecule has 0 saturated carbocycles. The molecule has 4 N–H and O–H groups in total. The third kappa shape index (κ3) is 2.56. The van der Waals surface area contributed by atoms with Gasteiger partial charge in [0.25, 0.3) is 5.56 Å². The number of carbonyl (C=O) groups excluding carboxylic acids is 1. The van der Waals surface area contributed by atoms with E-state index in [1.165, 1.54) is 0 Å². The monoisotopic (exact) mass is 398 g/mol. The lowest BCUT2D eigenvalue weighted by Gasteiger charge is -2.28. The van der Waals surface area contributed by atoms with Gasteiger partial charge in [-0.25, -0.2) is 0 Å². The Labute approximate surface area is 171 Å². The fourth-order valence-corrected chi connectivity index (χ4v) is 4.15. The normalized spacial score (nSPS) is 16.4. The number of nitrogens with one attached hydrogen (secondary N) is 2. The molecule has 5 rings (SSSR count). The Balaban J connectivity index is 1.80. The summed E-state index contributed by atoms with van der Waals surface area (Å²) in [6.45, 7) is 3.99. The molecule has 0 amide bonds. The maximum absolute atomic E-state index is 13.4. The van der Waals surface area contributed by atoms with Crippen molar-refractivity contribution in [2.24, 2.45) is 0 Å². The van der Waals surface area contributed by atoms with Gasteiger partial charge in [-0.15, -0.1) is 0 Å². The number of ketones is 1. The number of allylic oxidation sites excluding steroid dienone is 1. The molecule has 7 nitrogen and oxygen atoms in total. The minimum atomic E-state index is -0.658. The number of fused-ring (bicyclic) bond motifs is 3. The second kappa shape index (κ2) is 6.73. The number of aromatic amines is 1. The Kier molecular flexibility index (Phi) is 4.03. The van der Waals surface area contributed by atoms with E-state index in [1.807, 2.05) is 42.5 Å². The average Bonchev–Trinajstić information content (AvgIpc) is 3.03. The number of benzene rings is 2. The number of hydrogen-bond donors (Lipinski definition) is 3. The number of H-pyrrole nitrogens is 1. The second-order valence-corrected chi connectivity index (χ2v) is 7.07. The van der Waals surface area contributed by atoms with Crippen LogP contribution >= 0.6 is 0 Å². The van der Waals surface area contributed by atoms with Crippen LogP contribution in [0.3, 0.4) is 0 Å². The number of aromatic nitrogens is 2. The van der Waals surface area contributed by atoms with Crippen molar-refractivity contribution in [3.63, 3.8) is 0 Å². The van der Waals surface area contributed by atoms with E-state index in [4.69, 9.17) is 10.5 Å². The van der Waals surface area contributed by atoms with Gasteiger partial charge in [0.05, 0.1) is 17.2 Å². The van der Waals surface area contributed by atoms with Gasteiger partial charge in [-0.05, 0) is 6.07 Å². The van der Waals surface area contributed by atoms with Crippen LogP contribution in [-0.2, 0) is 0 Å². The van der Waals surface area contributed by atoms with Crippen LogP contribution in [0.4, 0.5) is 11.8 Å². The first-order chi connectivity index (χ1) is 14.6. The molecule has 1 aliphatic carbocycles. The molecule has 1 aromatic heterocycles. The zero-order chi connectivity index (χ0) is 20.8. The molecule has 0 radical (unpaired) electrons. The minimum Gasteiger partial charge on any atom is -0.489 e. The van der Waals surface area contributed by atoms with Crippen molar-refractivity contribution in [3.05, 3.63) is 99.4 Å². The van der Waals surface area contributed by atoms with E-state index in [1.54, 1.807) is 12.1 Å². The van der Waals surface area contributed by atoms with Crippen molar-refractivity contribution in [2.75, 3.05) is 17.7 Å². The molecule has 2 aliphatic rings. The van der Waals surface area contributed by atoms with Crippen LogP contribution in [-0.4, -0.2) is 22.4 Å². The average molecular weight is 398 g/mol. The SMILES string of the molecule is C=CCOc1ccccc1C1C2=C(Nc3nc(N)[nH]c(=O)c31)c1ccccc1C2=O. The summed E-state index contributed by atoms with van der Waals surface area (Å²) in [7, 11) is 0. The van der Waals surface area contributed by atoms with Gasteiger partial charge in [0.2, 0.25) is 5.95 Å². The zero-order valence-electron chi connectivity index (χ0n) is 15.9. The second-order valence-electron chi connectivity index (χ2n) is 7.07. The van der Waals surface area contributed by atoms with Crippen LogP contribution < -0.4 is 21.3 Å². The molecule has 1 atom stereocenters. The lowest BCUT2D eigenvalue weighted by molar-refractivity contribution is 0.103. The molecule has 2 heterocycles. The van der Waals surface area contributed by atoms with Crippen LogP contribution in [0.15, 0.2) is 71.6 Å². The van der Waals surface area contributed by atoms with Gasteiger partial charge >= 0.3 is 0 Å². The van der Waals surface area contributed by atoms with Crippen LogP contribution in [0, 0.1) is 0 Å². The van der Waals surface area contributed by atoms with Crippen molar-refractivity contribution < 1.29 is 9.53 Å². The summed E-state index contributed by atoms with van der Waals surface area (Å²) in [4.78, 5) is 33.2. The summed E-state index contributed by atoms with van der Waals surface area (Å²) < 4.78 is 5.85. The molecule has 30 heavy (non-hydrogen) atoms. The van der Waals surface area contributed by atoms with Crippen molar-refractivity contribution in [3.8, 4) is 5.75 Å². The number of anilines is 2.